The van der Waals surface area contributed by atoms with Crippen molar-refractivity contribution >= 4 is 5.97 Å². The summed E-state index contributed by atoms with van der Waals surface area (Å²) in [7, 11) is 0. The SMILES string of the molecule is Cc1[nH]c(CC(C)C(=O)O)nc1-c1ccccc1F. The molecule has 0 fully saturated rings. The Morgan fingerprint density at radius 3 is 2.79 bits per heavy atom. The van der Waals surface area contributed by atoms with E-state index in [1.165, 1.54) is 6.07 Å². The number of halogens is 1. The molecule has 2 rings (SSSR count). The summed E-state index contributed by atoms with van der Waals surface area (Å²) in [6.07, 6.45) is 0.296. The highest BCUT2D eigenvalue weighted by Gasteiger charge is 2.17. The molecule has 1 heterocycles. The van der Waals surface area contributed by atoms with Crippen LogP contribution in [0.2, 0.25) is 0 Å². The van der Waals surface area contributed by atoms with Crippen molar-refractivity contribution < 1.29 is 14.3 Å². The van der Waals surface area contributed by atoms with Crippen LogP contribution < -0.4 is 0 Å². The zero-order valence-electron chi connectivity index (χ0n) is 10.8. The number of imidazole rings is 1. The number of nitrogens with zero attached hydrogens (tertiary/aromatic N) is 1. The highest BCUT2D eigenvalue weighted by Crippen LogP contribution is 2.24. The lowest BCUT2D eigenvalue weighted by molar-refractivity contribution is -0.141. The summed E-state index contributed by atoms with van der Waals surface area (Å²) < 4.78 is 13.7. The van der Waals surface area contributed by atoms with E-state index in [0.29, 0.717) is 23.5 Å². The number of aryl methyl sites for hydroxylation is 1. The zero-order chi connectivity index (χ0) is 14.0. The predicted molar refractivity (Wildman–Crippen MR) is 69.2 cm³/mol. The van der Waals surface area contributed by atoms with E-state index < -0.39 is 11.9 Å². The first kappa shape index (κ1) is 13.3. The molecule has 4 nitrogen and oxygen atoms in total. The fraction of sp³-hybridized carbons (Fsp3) is 0.286. The van der Waals surface area contributed by atoms with Crippen molar-refractivity contribution in [3.8, 4) is 11.3 Å². The number of hydrogen-bond donors (Lipinski definition) is 2. The van der Waals surface area contributed by atoms with Gasteiger partial charge in [0.2, 0.25) is 0 Å². The van der Waals surface area contributed by atoms with Gasteiger partial charge < -0.3 is 10.1 Å². The van der Waals surface area contributed by atoms with Gasteiger partial charge in [-0.05, 0) is 19.1 Å². The highest BCUT2D eigenvalue weighted by atomic mass is 19.1. The summed E-state index contributed by atoms with van der Waals surface area (Å²) in [5, 5.41) is 8.88. The van der Waals surface area contributed by atoms with Crippen molar-refractivity contribution in [1.29, 1.82) is 0 Å². The van der Waals surface area contributed by atoms with Crippen LogP contribution in [0.4, 0.5) is 4.39 Å². The molecule has 0 saturated carbocycles. The maximum Gasteiger partial charge on any atom is 0.306 e. The smallest absolute Gasteiger partial charge is 0.306 e. The van der Waals surface area contributed by atoms with Gasteiger partial charge in [0.25, 0.3) is 0 Å². The first-order valence-electron chi connectivity index (χ1n) is 6.02. The lowest BCUT2D eigenvalue weighted by Crippen LogP contribution is -2.13. The number of benzene rings is 1. The van der Waals surface area contributed by atoms with Crippen molar-refractivity contribution in [2.45, 2.75) is 20.3 Å². The third-order valence-corrected chi connectivity index (χ3v) is 2.98. The summed E-state index contributed by atoms with van der Waals surface area (Å²) in [5.41, 5.74) is 1.69. The number of aromatic nitrogens is 2. The second kappa shape index (κ2) is 5.22. The number of nitrogens with one attached hydrogen (secondary N) is 1. The number of aliphatic carboxylic acids is 1. The summed E-state index contributed by atoms with van der Waals surface area (Å²) >= 11 is 0. The van der Waals surface area contributed by atoms with Crippen molar-refractivity contribution in [3.63, 3.8) is 0 Å². The Bertz CT molecular complexity index is 607. The van der Waals surface area contributed by atoms with Gasteiger partial charge in [-0.25, -0.2) is 9.37 Å². The number of carboxylic acids is 1. The highest BCUT2D eigenvalue weighted by molar-refractivity contribution is 5.70. The first-order chi connectivity index (χ1) is 8.99. The molecule has 100 valence electrons. The normalized spacial score (nSPS) is 12.4. The standard InChI is InChI=1S/C14H15FN2O2/c1-8(14(18)19)7-12-16-9(2)13(17-12)10-5-3-4-6-11(10)15/h3-6,8H,7H2,1-2H3,(H,16,17)(H,18,19). The van der Waals surface area contributed by atoms with Crippen LogP contribution in [0.1, 0.15) is 18.4 Å². The Hall–Kier alpha value is -2.17. The number of carboxylic acid groups (broad SMARTS) is 1. The Labute approximate surface area is 110 Å². The maximum atomic E-state index is 13.7. The van der Waals surface area contributed by atoms with Crippen molar-refractivity contribution in [1.82, 2.24) is 9.97 Å². The zero-order valence-corrected chi connectivity index (χ0v) is 10.8. The van der Waals surface area contributed by atoms with E-state index >= 15 is 0 Å². The lowest BCUT2D eigenvalue weighted by atomic mass is 10.1. The third kappa shape index (κ3) is 2.81. The molecule has 1 atom stereocenters. The van der Waals surface area contributed by atoms with Gasteiger partial charge in [-0.3, -0.25) is 4.79 Å². The Morgan fingerprint density at radius 1 is 1.47 bits per heavy atom. The minimum Gasteiger partial charge on any atom is -0.481 e. The molecule has 0 saturated heterocycles. The number of carbonyl (C=O) groups is 1. The van der Waals surface area contributed by atoms with Gasteiger partial charge in [0, 0.05) is 17.7 Å². The average molecular weight is 262 g/mol. The van der Waals surface area contributed by atoms with Gasteiger partial charge in [-0.1, -0.05) is 19.1 Å². The van der Waals surface area contributed by atoms with Crippen LogP contribution in [-0.2, 0) is 11.2 Å². The molecule has 2 N–H and O–H groups in total. The predicted octanol–water partition coefficient (Wildman–Crippen LogP) is 2.79. The van der Waals surface area contributed by atoms with E-state index in [-0.39, 0.29) is 5.82 Å². The van der Waals surface area contributed by atoms with E-state index in [1.807, 2.05) is 0 Å². The largest absolute Gasteiger partial charge is 0.481 e. The Kier molecular flexibility index (Phi) is 3.64. The van der Waals surface area contributed by atoms with E-state index in [0.717, 1.165) is 5.69 Å². The van der Waals surface area contributed by atoms with Crippen LogP contribution in [-0.4, -0.2) is 21.0 Å². The topological polar surface area (TPSA) is 66.0 Å². The molecule has 0 spiro atoms. The molecule has 19 heavy (non-hydrogen) atoms. The molecule has 0 radical (unpaired) electrons. The van der Waals surface area contributed by atoms with Crippen LogP contribution in [0, 0.1) is 18.7 Å². The van der Waals surface area contributed by atoms with E-state index in [1.54, 1.807) is 32.0 Å². The maximum absolute atomic E-state index is 13.7. The molecule has 0 bridgehead atoms. The second-order valence-corrected chi connectivity index (χ2v) is 4.58. The third-order valence-electron chi connectivity index (χ3n) is 2.98. The van der Waals surface area contributed by atoms with Crippen LogP contribution in [0.15, 0.2) is 24.3 Å². The monoisotopic (exact) mass is 262 g/mol. The van der Waals surface area contributed by atoms with Crippen LogP contribution in [0.3, 0.4) is 0 Å². The molecule has 1 aromatic heterocycles. The quantitative estimate of drug-likeness (QED) is 0.890. The molecule has 1 unspecified atom stereocenters. The summed E-state index contributed by atoms with van der Waals surface area (Å²) in [5.74, 6) is -1.18. The summed E-state index contributed by atoms with van der Waals surface area (Å²) in [6.45, 7) is 3.41. The summed E-state index contributed by atoms with van der Waals surface area (Å²) in [4.78, 5) is 18.1. The van der Waals surface area contributed by atoms with E-state index in [2.05, 4.69) is 9.97 Å². The number of hydrogen-bond acceptors (Lipinski definition) is 2. The fourth-order valence-corrected chi connectivity index (χ4v) is 1.91. The van der Waals surface area contributed by atoms with Gasteiger partial charge in [-0.15, -0.1) is 0 Å². The summed E-state index contributed by atoms with van der Waals surface area (Å²) in [6, 6.07) is 6.40. The molecule has 0 aliphatic rings. The van der Waals surface area contributed by atoms with Gasteiger partial charge in [-0.2, -0.15) is 0 Å². The Balaban J connectivity index is 2.32. The van der Waals surface area contributed by atoms with E-state index in [9.17, 15) is 9.18 Å². The lowest BCUT2D eigenvalue weighted by Gasteiger charge is -2.02. The fourth-order valence-electron chi connectivity index (χ4n) is 1.91. The molecular weight excluding hydrogens is 247 g/mol. The molecule has 2 aromatic rings. The first-order valence-corrected chi connectivity index (χ1v) is 6.02. The number of rotatable bonds is 4. The molecule has 5 heteroatoms. The molecule has 1 aromatic carbocycles. The van der Waals surface area contributed by atoms with Gasteiger partial charge >= 0.3 is 5.97 Å². The van der Waals surface area contributed by atoms with Gasteiger partial charge in [0.1, 0.15) is 11.6 Å². The minimum absolute atomic E-state index is 0.296. The average Bonchev–Trinajstić information content (AvgIpc) is 2.70. The second-order valence-electron chi connectivity index (χ2n) is 4.58. The Morgan fingerprint density at radius 2 is 2.16 bits per heavy atom. The van der Waals surface area contributed by atoms with Crippen molar-refractivity contribution in [2.75, 3.05) is 0 Å². The minimum atomic E-state index is -0.874. The van der Waals surface area contributed by atoms with Crippen molar-refractivity contribution in [3.05, 3.63) is 41.6 Å². The van der Waals surface area contributed by atoms with Crippen molar-refractivity contribution in [2.24, 2.45) is 5.92 Å². The molecule has 0 aliphatic carbocycles. The van der Waals surface area contributed by atoms with Gasteiger partial charge in [0.15, 0.2) is 0 Å². The molecule has 0 amide bonds. The number of aromatic amines is 1. The van der Waals surface area contributed by atoms with E-state index in [4.69, 9.17) is 5.11 Å². The molecular formula is C14H15FN2O2. The van der Waals surface area contributed by atoms with Crippen LogP contribution in [0.5, 0.6) is 0 Å². The van der Waals surface area contributed by atoms with Crippen LogP contribution >= 0.6 is 0 Å². The number of H-pyrrole nitrogens is 1. The van der Waals surface area contributed by atoms with Crippen LogP contribution in [0.25, 0.3) is 11.3 Å². The molecule has 0 aliphatic heterocycles. The van der Waals surface area contributed by atoms with Gasteiger partial charge in [0.05, 0.1) is 11.6 Å².